The first kappa shape index (κ1) is 13.4. The molecule has 0 atom stereocenters. The van der Waals surface area contributed by atoms with Gasteiger partial charge in [-0.15, -0.1) is 5.10 Å². The van der Waals surface area contributed by atoms with Crippen molar-refractivity contribution in [1.29, 1.82) is 0 Å². The third kappa shape index (κ3) is 2.37. The van der Waals surface area contributed by atoms with Crippen molar-refractivity contribution in [2.75, 3.05) is 5.73 Å². The molecule has 0 aliphatic heterocycles. The van der Waals surface area contributed by atoms with Crippen LogP contribution in [0.25, 0.3) is 17.2 Å². The lowest BCUT2D eigenvalue weighted by Gasteiger charge is -2.10. The fourth-order valence-corrected chi connectivity index (χ4v) is 2.06. The summed E-state index contributed by atoms with van der Waals surface area (Å²) in [5.41, 5.74) is 6.40. The highest BCUT2D eigenvalue weighted by Crippen LogP contribution is 2.37. The van der Waals surface area contributed by atoms with Crippen LogP contribution in [0.4, 0.5) is 5.95 Å². The lowest BCUT2D eigenvalue weighted by atomic mass is 10.2. The first-order valence-corrected chi connectivity index (χ1v) is 6.61. The van der Waals surface area contributed by atoms with Gasteiger partial charge in [0.05, 0.1) is 0 Å². The van der Waals surface area contributed by atoms with Gasteiger partial charge in [0.25, 0.3) is 5.78 Å². The van der Waals surface area contributed by atoms with Crippen molar-refractivity contribution < 1.29 is 0 Å². The van der Waals surface area contributed by atoms with Gasteiger partial charge >= 0.3 is 0 Å². The molecule has 20 heavy (non-hydrogen) atoms. The number of benzene rings is 1. The van der Waals surface area contributed by atoms with E-state index in [1.807, 2.05) is 30.3 Å². The number of anilines is 1. The van der Waals surface area contributed by atoms with E-state index in [0.29, 0.717) is 5.82 Å². The molecular formula is C11H7Cl3N6. The lowest BCUT2D eigenvalue weighted by Crippen LogP contribution is -2.15. The van der Waals surface area contributed by atoms with Crippen LogP contribution in [0.3, 0.4) is 0 Å². The van der Waals surface area contributed by atoms with Crippen LogP contribution in [0.2, 0.25) is 0 Å². The zero-order chi connectivity index (χ0) is 14.3. The highest BCUT2D eigenvalue weighted by Gasteiger charge is 2.30. The summed E-state index contributed by atoms with van der Waals surface area (Å²) in [6.45, 7) is 0. The Hall–Kier alpha value is -1.63. The van der Waals surface area contributed by atoms with Gasteiger partial charge in [0.1, 0.15) is 0 Å². The molecule has 0 amide bonds. The second-order valence-electron chi connectivity index (χ2n) is 3.92. The molecule has 3 aromatic rings. The van der Waals surface area contributed by atoms with Gasteiger partial charge in [0, 0.05) is 5.56 Å². The van der Waals surface area contributed by atoms with Crippen LogP contribution in [0.1, 0.15) is 5.82 Å². The molecule has 0 aliphatic rings. The molecule has 1 aromatic carbocycles. The van der Waals surface area contributed by atoms with E-state index in [9.17, 15) is 0 Å². The average molecular weight is 330 g/mol. The fourth-order valence-electron chi connectivity index (χ4n) is 1.69. The maximum atomic E-state index is 5.86. The number of halogens is 3. The minimum absolute atomic E-state index is 0.0363. The van der Waals surface area contributed by atoms with E-state index in [2.05, 4.69) is 20.1 Å². The zero-order valence-corrected chi connectivity index (χ0v) is 12.1. The van der Waals surface area contributed by atoms with Gasteiger partial charge in [-0.2, -0.15) is 19.5 Å². The van der Waals surface area contributed by atoms with Crippen molar-refractivity contribution in [1.82, 2.24) is 24.6 Å². The molecule has 0 spiro atoms. The molecule has 0 aliphatic carbocycles. The Balaban J connectivity index is 2.26. The Labute approximate surface area is 128 Å². The third-order valence-corrected chi connectivity index (χ3v) is 3.02. The lowest BCUT2D eigenvalue weighted by molar-refractivity contribution is 0.807. The highest BCUT2D eigenvalue weighted by atomic mass is 35.6. The smallest absolute Gasteiger partial charge is 0.257 e. The van der Waals surface area contributed by atoms with Crippen LogP contribution < -0.4 is 5.73 Å². The molecule has 9 heteroatoms. The fraction of sp³-hybridized carbons (Fsp3) is 0.0909. The summed E-state index contributed by atoms with van der Waals surface area (Å²) in [4.78, 5) is 12.1. The van der Waals surface area contributed by atoms with Gasteiger partial charge in [0.15, 0.2) is 11.6 Å². The quantitative estimate of drug-likeness (QED) is 0.694. The second kappa shape index (κ2) is 4.73. The van der Waals surface area contributed by atoms with E-state index in [4.69, 9.17) is 40.5 Å². The molecular weight excluding hydrogens is 323 g/mol. The summed E-state index contributed by atoms with van der Waals surface area (Å²) in [6, 6.07) is 9.36. The first-order valence-electron chi connectivity index (χ1n) is 5.48. The number of fused-ring (bicyclic) bond motifs is 1. The number of aromatic nitrogens is 5. The minimum Gasteiger partial charge on any atom is -0.368 e. The van der Waals surface area contributed by atoms with Gasteiger partial charge in [-0.3, -0.25) is 0 Å². The summed E-state index contributed by atoms with van der Waals surface area (Å²) in [5, 5.41) is 4.26. The minimum atomic E-state index is -1.78. The highest BCUT2D eigenvalue weighted by molar-refractivity contribution is 6.66. The Kier molecular flexibility index (Phi) is 3.16. The Morgan fingerprint density at radius 2 is 1.70 bits per heavy atom. The molecule has 2 N–H and O–H groups in total. The average Bonchev–Trinajstić information content (AvgIpc) is 2.81. The molecule has 0 fully saturated rings. The van der Waals surface area contributed by atoms with Crippen LogP contribution in [0.15, 0.2) is 30.3 Å². The predicted molar refractivity (Wildman–Crippen MR) is 77.7 cm³/mol. The second-order valence-corrected chi connectivity index (χ2v) is 6.20. The van der Waals surface area contributed by atoms with E-state index in [1.54, 1.807) is 0 Å². The van der Waals surface area contributed by atoms with E-state index in [1.165, 1.54) is 4.52 Å². The molecule has 0 saturated heterocycles. The van der Waals surface area contributed by atoms with Crippen molar-refractivity contribution in [2.45, 2.75) is 3.79 Å². The summed E-state index contributed by atoms with van der Waals surface area (Å²) in [6.07, 6.45) is 0. The first-order chi connectivity index (χ1) is 9.45. The number of alkyl halides is 3. The number of nitrogens with zero attached hydrogens (tertiary/aromatic N) is 5. The standard InChI is InChI=1S/C11H7Cl3N6/c12-11(13,14)8-17-9(15)18-10-16-7(19-20(8)10)6-4-2-1-3-5-6/h1-5H,(H2,15,16,18,19). The largest absolute Gasteiger partial charge is 0.368 e. The van der Waals surface area contributed by atoms with Crippen LogP contribution in [-0.2, 0) is 3.79 Å². The molecule has 0 unspecified atom stereocenters. The maximum Gasteiger partial charge on any atom is 0.257 e. The normalized spacial score (nSPS) is 11.9. The zero-order valence-electron chi connectivity index (χ0n) is 9.83. The molecule has 2 heterocycles. The summed E-state index contributed by atoms with van der Waals surface area (Å²) in [7, 11) is 0. The topological polar surface area (TPSA) is 82.0 Å². The van der Waals surface area contributed by atoms with Crippen molar-refractivity contribution >= 4 is 46.5 Å². The van der Waals surface area contributed by atoms with Crippen LogP contribution in [-0.4, -0.2) is 24.6 Å². The van der Waals surface area contributed by atoms with Crippen molar-refractivity contribution in [3.05, 3.63) is 36.2 Å². The Morgan fingerprint density at radius 3 is 2.35 bits per heavy atom. The molecule has 0 bridgehead atoms. The van der Waals surface area contributed by atoms with Gasteiger partial charge in [-0.25, -0.2) is 0 Å². The monoisotopic (exact) mass is 328 g/mol. The van der Waals surface area contributed by atoms with Gasteiger partial charge < -0.3 is 5.73 Å². The van der Waals surface area contributed by atoms with Crippen molar-refractivity contribution in [3.63, 3.8) is 0 Å². The number of hydrogen-bond donors (Lipinski definition) is 1. The van der Waals surface area contributed by atoms with Crippen LogP contribution in [0, 0.1) is 0 Å². The molecule has 0 saturated carbocycles. The van der Waals surface area contributed by atoms with E-state index in [0.717, 1.165) is 5.56 Å². The molecule has 2 aromatic heterocycles. The van der Waals surface area contributed by atoms with E-state index < -0.39 is 3.79 Å². The molecule has 3 rings (SSSR count). The third-order valence-electron chi connectivity index (χ3n) is 2.51. The number of hydrogen-bond acceptors (Lipinski definition) is 5. The Morgan fingerprint density at radius 1 is 1.00 bits per heavy atom. The maximum absolute atomic E-state index is 5.86. The van der Waals surface area contributed by atoms with Crippen LogP contribution >= 0.6 is 34.8 Å². The summed E-state index contributed by atoms with van der Waals surface area (Å²) >= 11 is 17.6. The number of rotatable bonds is 1. The van der Waals surface area contributed by atoms with Gasteiger partial charge in [0.2, 0.25) is 9.74 Å². The van der Waals surface area contributed by atoms with Gasteiger partial charge in [-0.1, -0.05) is 65.1 Å². The van der Waals surface area contributed by atoms with E-state index >= 15 is 0 Å². The predicted octanol–water partition coefficient (Wildman–Crippen LogP) is 2.60. The van der Waals surface area contributed by atoms with Gasteiger partial charge in [-0.05, 0) is 0 Å². The summed E-state index contributed by atoms with van der Waals surface area (Å²) < 4.78 is -0.511. The van der Waals surface area contributed by atoms with Crippen LogP contribution in [0.5, 0.6) is 0 Å². The number of nitrogen functional groups attached to an aromatic ring is 1. The van der Waals surface area contributed by atoms with Crippen molar-refractivity contribution in [3.8, 4) is 11.4 Å². The SMILES string of the molecule is Nc1nc(C(Cl)(Cl)Cl)n2nc(-c3ccccc3)nc2n1. The molecule has 6 nitrogen and oxygen atoms in total. The number of nitrogens with two attached hydrogens (primary N) is 1. The molecule has 102 valence electrons. The summed E-state index contributed by atoms with van der Waals surface area (Å²) in [5.74, 6) is 0.671. The molecule has 0 radical (unpaired) electrons. The van der Waals surface area contributed by atoms with E-state index in [-0.39, 0.29) is 17.6 Å². The van der Waals surface area contributed by atoms with Crippen molar-refractivity contribution in [2.24, 2.45) is 0 Å². The Bertz CT molecular complexity index is 765.